The zero-order valence-corrected chi connectivity index (χ0v) is 8.97. The number of aliphatic imine (C=N–C) groups is 1. The summed E-state index contributed by atoms with van der Waals surface area (Å²) >= 11 is 5.36. The average Bonchev–Trinajstić information content (AvgIpc) is 2.51. The molecule has 0 atom stereocenters. The number of fused-ring (bicyclic) bond motifs is 1. The van der Waals surface area contributed by atoms with Crippen LogP contribution in [0.2, 0.25) is 0 Å². The van der Waals surface area contributed by atoms with Crippen LogP contribution < -0.4 is 15.2 Å². The molecule has 0 aliphatic carbocycles. The third-order valence-electron chi connectivity index (χ3n) is 1.87. The molecule has 0 radical (unpaired) electrons. The van der Waals surface area contributed by atoms with E-state index in [1.165, 1.54) is 0 Å². The number of amidine groups is 1. The number of hydrogen-bond acceptors (Lipinski definition) is 3. The fourth-order valence-electron chi connectivity index (χ4n) is 1.23. The molecule has 0 amide bonds. The zero-order valence-electron chi connectivity index (χ0n) is 8.21. The molecular formula is C9H6ClF3N2O2. The minimum atomic E-state index is -3.80. The van der Waals surface area contributed by atoms with Crippen molar-refractivity contribution in [2.45, 2.75) is 6.29 Å². The van der Waals surface area contributed by atoms with Crippen molar-refractivity contribution in [3.8, 4) is 11.5 Å². The summed E-state index contributed by atoms with van der Waals surface area (Å²) in [6, 6.07) is 1.71. The Hall–Kier alpha value is -1.63. The third-order valence-corrected chi connectivity index (χ3v) is 2.15. The molecule has 1 heterocycles. The topological polar surface area (TPSA) is 56.8 Å². The maximum Gasteiger partial charge on any atom is 0.586 e. The molecule has 0 aromatic heterocycles. The summed E-state index contributed by atoms with van der Waals surface area (Å²) in [5, 5.41) is 0. The van der Waals surface area contributed by atoms with E-state index >= 15 is 0 Å². The monoisotopic (exact) mass is 266 g/mol. The molecule has 92 valence electrons. The van der Waals surface area contributed by atoms with E-state index in [9.17, 15) is 13.2 Å². The molecule has 1 aliphatic rings. The highest BCUT2D eigenvalue weighted by Crippen LogP contribution is 2.43. The van der Waals surface area contributed by atoms with Crippen molar-refractivity contribution < 1.29 is 22.6 Å². The van der Waals surface area contributed by atoms with E-state index in [1.807, 2.05) is 0 Å². The predicted octanol–water partition coefficient (Wildman–Crippen LogP) is 2.37. The zero-order chi connectivity index (χ0) is 12.6. The number of hydrogen-bond donors (Lipinski definition) is 1. The van der Waals surface area contributed by atoms with E-state index in [2.05, 4.69) is 14.5 Å². The second-order valence-electron chi connectivity index (χ2n) is 3.15. The molecule has 8 heteroatoms. The second-order valence-corrected chi connectivity index (χ2v) is 3.42. The van der Waals surface area contributed by atoms with Gasteiger partial charge in [-0.05, 0) is 0 Å². The first-order valence-corrected chi connectivity index (χ1v) is 4.93. The predicted molar refractivity (Wildman–Crippen MR) is 54.6 cm³/mol. The van der Waals surface area contributed by atoms with Crippen molar-refractivity contribution >= 4 is 23.1 Å². The SMILES string of the molecule is NC(CCl)=Nc1cc2c(cc1F)OC(F)(F)O2. The summed E-state index contributed by atoms with van der Waals surface area (Å²) < 4.78 is 47.0. The molecule has 0 saturated heterocycles. The van der Waals surface area contributed by atoms with E-state index in [-0.39, 0.29) is 23.2 Å². The average molecular weight is 267 g/mol. The third kappa shape index (κ3) is 2.38. The number of ether oxygens (including phenoxy) is 2. The summed E-state index contributed by atoms with van der Waals surface area (Å²) in [7, 11) is 0. The number of halogens is 4. The number of benzene rings is 1. The fourth-order valence-corrected chi connectivity index (χ4v) is 1.29. The van der Waals surface area contributed by atoms with Crippen molar-refractivity contribution in [1.82, 2.24) is 0 Å². The summed E-state index contributed by atoms with van der Waals surface area (Å²) in [5.41, 5.74) is 5.06. The van der Waals surface area contributed by atoms with Crippen LogP contribution in [0.3, 0.4) is 0 Å². The first-order valence-electron chi connectivity index (χ1n) is 4.39. The molecule has 0 fully saturated rings. The lowest BCUT2D eigenvalue weighted by molar-refractivity contribution is -0.286. The summed E-state index contributed by atoms with van der Waals surface area (Å²) in [4.78, 5) is 3.61. The Kier molecular flexibility index (Phi) is 2.78. The number of nitrogens with two attached hydrogens (primary N) is 1. The molecule has 17 heavy (non-hydrogen) atoms. The van der Waals surface area contributed by atoms with E-state index in [1.54, 1.807) is 0 Å². The van der Waals surface area contributed by atoms with Crippen molar-refractivity contribution in [1.29, 1.82) is 0 Å². The van der Waals surface area contributed by atoms with Gasteiger partial charge in [-0.25, -0.2) is 9.38 Å². The van der Waals surface area contributed by atoms with Gasteiger partial charge in [0.1, 0.15) is 11.5 Å². The van der Waals surface area contributed by atoms with Gasteiger partial charge in [-0.1, -0.05) is 0 Å². The van der Waals surface area contributed by atoms with Gasteiger partial charge in [0.05, 0.1) is 5.88 Å². The molecular weight excluding hydrogens is 261 g/mol. The van der Waals surface area contributed by atoms with E-state index in [0.717, 1.165) is 12.1 Å². The normalized spacial score (nSPS) is 17.3. The fraction of sp³-hybridized carbons (Fsp3) is 0.222. The Balaban J connectivity index is 2.40. The Bertz CT molecular complexity index is 493. The molecule has 0 unspecified atom stereocenters. The van der Waals surface area contributed by atoms with Crippen molar-refractivity contribution in [2.75, 3.05) is 5.88 Å². The van der Waals surface area contributed by atoms with Gasteiger partial charge < -0.3 is 15.2 Å². The first kappa shape index (κ1) is 11.8. The Morgan fingerprint density at radius 3 is 2.53 bits per heavy atom. The molecule has 4 nitrogen and oxygen atoms in total. The highest BCUT2D eigenvalue weighted by atomic mass is 35.5. The van der Waals surface area contributed by atoms with Crippen LogP contribution in [0.25, 0.3) is 0 Å². The second kappa shape index (κ2) is 3.99. The number of rotatable bonds is 2. The largest absolute Gasteiger partial charge is 0.586 e. The van der Waals surface area contributed by atoms with Gasteiger partial charge in [-0.15, -0.1) is 20.4 Å². The number of alkyl halides is 3. The molecule has 1 aromatic carbocycles. The van der Waals surface area contributed by atoms with E-state index in [4.69, 9.17) is 17.3 Å². The van der Waals surface area contributed by atoms with Crippen LogP contribution in [0.5, 0.6) is 11.5 Å². The Morgan fingerprint density at radius 1 is 1.35 bits per heavy atom. The summed E-state index contributed by atoms with van der Waals surface area (Å²) in [6.45, 7) is 0. The van der Waals surface area contributed by atoms with Gasteiger partial charge in [0.15, 0.2) is 17.3 Å². The Labute approximate surface area is 98.8 Å². The molecule has 2 N–H and O–H groups in total. The minimum Gasteiger partial charge on any atom is -0.395 e. The lowest BCUT2D eigenvalue weighted by Gasteiger charge is -2.04. The van der Waals surface area contributed by atoms with Crippen LogP contribution in [0.15, 0.2) is 17.1 Å². The van der Waals surface area contributed by atoms with Crippen molar-refractivity contribution in [3.05, 3.63) is 17.9 Å². The molecule has 0 saturated carbocycles. The van der Waals surface area contributed by atoms with Gasteiger partial charge in [0.25, 0.3) is 0 Å². The lowest BCUT2D eigenvalue weighted by atomic mass is 10.2. The molecule has 0 bridgehead atoms. The van der Waals surface area contributed by atoms with Crippen molar-refractivity contribution in [3.63, 3.8) is 0 Å². The van der Waals surface area contributed by atoms with Crippen LogP contribution in [-0.2, 0) is 0 Å². The minimum absolute atomic E-state index is 0.0452. The molecule has 1 aromatic rings. The molecule has 2 rings (SSSR count). The molecule has 1 aliphatic heterocycles. The van der Waals surface area contributed by atoms with Crippen LogP contribution in [-0.4, -0.2) is 18.0 Å². The van der Waals surface area contributed by atoms with Crippen LogP contribution >= 0.6 is 11.6 Å². The maximum atomic E-state index is 13.4. The van der Waals surface area contributed by atoms with Crippen molar-refractivity contribution in [2.24, 2.45) is 10.7 Å². The van der Waals surface area contributed by atoms with E-state index in [0.29, 0.717) is 0 Å². The lowest BCUT2D eigenvalue weighted by Crippen LogP contribution is -2.25. The first-order chi connectivity index (χ1) is 7.91. The van der Waals surface area contributed by atoms with Gasteiger partial charge >= 0.3 is 6.29 Å². The highest BCUT2D eigenvalue weighted by Gasteiger charge is 2.44. The van der Waals surface area contributed by atoms with Gasteiger partial charge in [-0.3, -0.25) is 0 Å². The maximum absolute atomic E-state index is 13.4. The highest BCUT2D eigenvalue weighted by molar-refractivity contribution is 6.28. The van der Waals surface area contributed by atoms with Gasteiger partial charge in [0, 0.05) is 12.1 Å². The number of nitrogens with zero attached hydrogens (tertiary/aromatic N) is 1. The standard InChI is InChI=1S/C9H6ClF3N2O2/c10-3-8(14)15-5-2-7-6(1-4(5)11)16-9(12,13)17-7/h1-2H,3H2,(H2,14,15). The smallest absolute Gasteiger partial charge is 0.395 e. The summed E-state index contributed by atoms with van der Waals surface area (Å²) in [5.74, 6) is -1.72. The van der Waals surface area contributed by atoms with Gasteiger partial charge in [0.2, 0.25) is 0 Å². The van der Waals surface area contributed by atoms with E-state index < -0.39 is 17.9 Å². The summed E-state index contributed by atoms with van der Waals surface area (Å²) in [6.07, 6.45) is -3.80. The van der Waals surface area contributed by atoms with Crippen LogP contribution in [0, 0.1) is 5.82 Å². The van der Waals surface area contributed by atoms with Gasteiger partial charge in [-0.2, -0.15) is 0 Å². The quantitative estimate of drug-likeness (QED) is 0.508. The van der Waals surface area contributed by atoms with Crippen LogP contribution in [0.4, 0.5) is 18.9 Å². The Morgan fingerprint density at radius 2 is 1.94 bits per heavy atom. The van der Waals surface area contributed by atoms with Crippen LogP contribution in [0.1, 0.15) is 0 Å². The molecule has 0 spiro atoms.